The summed E-state index contributed by atoms with van der Waals surface area (Å²) in [5, 5.41) is 5.59. The second-order valence-corrected chi connectivity index (χ2v) is 6.59. The van der Waals surface area contributed by atoms with Crippen LogP contribution in [-0.2, 0) is 6.42 Å². The molecule has 3 rings (SSSR count). The van der Waals surface area contributed by atoms with Crippen molar-refractivity contribution in [3.05, 3.63) is 58.7 Å². The number of hydrogen-bond acceptors (Lipinski definition) is 3. The minimum Gasteiger partial charge on any atom is -0.312 e. The molecule has 1 aliphatic rings. The minimum atomic E-state index is 0.350. The van der Waals surface area contributed by atoms with Crippen molar-refractivity contribution in [2.24, 2.45) is 0 Å². The van der Waals surface area contributed by atoms with Crippen molar-refractivity contribution in [1.29, 1.82) is 0 Å². The van der Waals surface area contributed by atoms with Crippen molar-refractivity contribution in [2.75, 3.05) is 7.05 Å². The normalized spacial score (nSPS) is 21.5. The largest absolute Gasteiger partial charge is 0.312 e. The van der Waals surface area contributed by atoms with Crippen molar-refractivity contribution < 1.29 is 0 Å². The summed E-state index contributed by atoms with van der Waals surface area (Å²) in [7, 11) is 2.03. The molecule has 1 N–H and O–H groups in total. The maximum Gasteiger partial charge on any atom is 0.115 e. The number of hydrogen-bond donors (Lipinski definition) is 1. The van der Waals surface area contributed by atoms with Crippen molar-refractivity contribution >= 4 is 23.4 Å². The van der Waals surface area contributed by atoms with E-state index in [1.54, 1.807) is 18.0 Å². The summed E-state index contributed by atoms with van der Waals surface area (Å²) >= 11 is 8.01. The number of aromatic nitrogens is 1. The third-order valence-corrected chi connectivity index (χ3v) is 5.54. The molecule has 2 atom stereocenters. The summed E-state index contributed by atoms with van der Waals surface area (Å²) in [4.78, 5) is 4.40. The lowest BCUT2D eigenvalue weighted by atomic mass is 9.87. The van der Waals surface area contributed by atoms with Gasteiger partial charge in [-0.2, -0.15) is 0 Å². The van der Waals surface area contributed by atoms with Crippen LogP contribution in [0.5, 0.6) is 0 Å². The number of nitrogens with zero attached hydrogens (tertiary/aromatic N) is 1. The first-order chi connectivity index (χ1) is 9.79. The number of halogens is 1. The Balaban J connectivity index is 1.87. The molecule has 0 saturated heterocycles. The van der Waals surface area contributed by atoms with Crippen molar-refractivity contribution in [3.63, 3.8) is 0 Å². The number of fused-ring (bicyclic) bond motifs is 1. The predicted molar refractivity (Wildman–Crippen MR) is 85.5 cm³/mol. The van der Waals surface area contributed by atoms with Crippen molar-refractivity contribution in [3.8, 4) is 0 Å². The van der Waals surface area contributed by atoms with E-state index in [1.807, 2.05) is 19.2 Å². The van der Waals surface area contributed by atoms with E-state index in [2.05, 4.69) is 34.6 Å². The number of benzene rings is 1. The first kappa shape index (κ1) is 13.9. The zero-order valence-corrected chi connectivity index (χ0v) is 12.9. The summed E-state index contributed by atoms with van der Waals surface area (Å²) in [5.74, 6) is 0. The van der Waals surface area contributed by atoms with Gasteiger partial charge < -0.3 is 5.32 Å². The maximum atomic E-state index is 6.23. The molecular weight excluding hydrogens is 288 g/mol. The van der Waals surface area contributed by atoms with Gasteiger partial charge in [0.2, 0.25) is 0 Å². The molecule has 1 aliphatic carbocycles. The van der Waals surface area contributed by atoms with Crippen LogP contribution in [0.2, 0.25) is 5.02 Å². The molecule has 0 aliphatic heterocycles. The third kappa shape index (κ3) is 2.71. The van der Waals surface area contributed by atoms with Crippen LogP contribution in [0.15, 0.2) is 47.6 Å². The van der Waals surface area contributed by atoms with Gasteiger partial charge in [0, 0.05) is 17.5 Å². The van der Waals surface area contributed by atoms with E-state index < -0.39 is 0 Å². The first-order valence-corrected chi connectivity index (χ1v) is 8.07. The smallest absolute Gasteiger partial charge is 0.115 e. The molecule has 2 aromatic rings. The average molecular weight is 305 g/mol. The van der Waals surface area contributed by atoms with Gasteiger partial charge in [-0.05, 0) is 43.1 Å². The van der Waals surface area contributed by atoms with E-state index in [-0.39, 0.29) is 0 Å². The fourth-order valence-corrected chi connectivity index (χ4v) is 4.30. The van der Waals surface area contributed by atoms with Gasteiger partial charge in [0.05, 0.1) is 5.02 Å². The van der Waals surface area contributed by atoms with Gasteiger partial charge in [0.25, 0.3) is 0 Å². The lowest BCUT2D eigenvalue weighted by Crippen LogP contribution is -2.32. The molecule has 104 valence electrons. The van der Waals surface area contributed by atoms with Crippen LogP contribution in [0.25, 0.3) is 0 Å². The second-order valence-electron chi connectivity index (χ2n) is 4.95. The lowest BCUT2D eigenvalue weighted by molar-refractivity contribution is 0.510. The van der Waals surface area contributed by atoms with Gasteiger partial charge in [0.15, 0.2) is 0 Å². The van der Waals surface area contributed by atoms with E-state index in [4.69, 9.17) is 11.6 Å². The zero-order valence-electron chi connectivity index (χ0n) is 11.3. The van der Waals surface area contributed by atoms with Crippen molar-refractivity contribution in [1.82, 2.24) is 10.3 Å². The number of pyridine rings is 1. The van der Waals surface area contributed by atoms with E-state index in [0.29, 0.717) is 11.3 Å². The summed E-state index contributed by atoms with van der Waals surface area (Å²) in [5.41, 5.74) is 2.86. The molecule has 0 saturated carbocycles. The monoisotopic (exact) mass is 304 g/mol. The van der Waals surface area contributed by atoms with Crippen molar-refractivity contribution in [2.45, 2.75) is 29.2 Å². The molecule has 4 heteroatoms. The first-order valence-electron chi connectivity index (χ1n) is 6.82. The summed E-state index contributed by atoms with van der Waals surface area (Å²) < 4.78 is 0. The standard InChI is InChI=1S/C16H17ClN2S/c1-18-15-12-6-3-2-5-11(12)8-9-14(15)20-16-13(17)7-4-10-19-16/h2-7,10,14-15,18H,8-9H2,1H3. The number of rotatable bonds is 3. The Morgan fingerprint density at radius 3 is 2.90 bits per heavy atom. The van der Waals surface area contributed by atoms with Crippen LogP contribution in [0.4, 0.5) is 0 Å². The maximum absolute atomic E-state index is 6.23. The number of aryl methyl sites for hydroxylation is 1. The van der Waals surface area contributed by atoms with Crippen LogP contribution in [0, 0.1) is 0 Å². The highest BCUT2D eigenvalue weighted by molar-refractivity contribution is 8.00. The van der Waals surface area contributed by atoms with Gasteiger partial charge in [-0.1, -0.05) is 47.6 Å². The molecule has 20 heavy (non-hydrogen) atoms. The molecule has 1 aromatic carbocycles. The van der Waals surface area contributed by atoms with Gasteiger partial charge >= 0.3 is 0 Å². The molecule has 2 nitrogen and oxygen atoms in total. The van der Waals surface area contributed by atoms with E-state index in [0.717, 1.165) is 22.9 Å². The van der Waals surface area contributed by atoms with Gasteiger partial charge in [0.1, 0.15) is 5.03 Å². The van der Waals surface area contributed by atoms with E-state index in [1.165, 1.54) is 11.1 Å². The Hall–Kier alpha value is -1.03. The highest BCUT2D eigenvalue weighted by atomic mass is 35.5. The molecule has 1 heterocycles. The van der Waals surface area contributed by atoms with Gasteiger partial charge in [-0.3, -0.25) is 0 Å². The fourth-order valence-electron chi connectivity index (χ4n) is 2.80. The molecule has 0 bridgehead atoms. The van der Waals surface area contributed by atoms with Crippen LogP contribution in [0.3, 0.4) is 0 Å². The quantitative estimate of drug-likeness (QED) is 0.924. The second kappa shape index (κ2) is 6.17. The van der Waals surface area contributed by atoms with E-state index in [9.17, 15) is 0 Å². The number of thioether (sulfide) groups is 1. The zero-order chi connectivity index (χ0) is 13.9. The summed E-state index contributed by atoms with van der Waals surface area (Å²) in [6.07, 6.45) is 4.07. The minimum absolute atomic E-state index is 0.350. The van der Waals surface area contributed by atoms with Crippen LogP contribution in [-0.4, -0.2) is 17.3 Å². The Bertz CT molecular complexity index is 603. The number of nitrogens with one attached hydrogen (secondary N) is 1. The summed E-state index contributed by atoms with van der Waals surface area (Å²) in [6, 6.07) is 12.8. The van der Waals surface area contributed by atoms with Crippen LogP contribution < -0.4 is 5.32 Å². The Morgan fingerprint density at radius 1 is 1.25 bits per heavy atom. The highest BCUT2D eigenvalue weighted by Gasteiger charge is 2.29. The molecule has 0 radical (unpaired) electrons. The average Bonchev–Trinajstić information content (AvgIpc) is 2.49. The molecule has 0 spiro atoms. The fraction of sp³-hybridized carbons (Fsp3) is 0.312. The topological polar surface area (TPSA) is 24.9 Å². The molecule has 2 unspecified atom stereocenters. The molecular formula is C16H17ClN2S. The summed E-state index contributed by atoms with van der Waals surface area (Å²) in [6.45, 7) is 0. The molecule has 0 amide bonds. The van der Waals surface area contributed by atoms with Crippen LogP contribution >= 0.6 is 23.4 Å². The Labute approximate surface area is 129 Å². The molecule has 0 fully saturated rings. The van der Waals surface area contributed by atoms with Crippen LogP contribution in [0.1, 0.15) is 23.6 Å². The van der Waals surface area contributed by atoms with Gasteiger partial charge in [-0.15, -0.1) is 0 Å². The Morgan fingerprint density at radius 2 is 2.10 bits per heavy atom. The SMILES string of the molecule is CNC1c2ccccc2CCC1Sc1ncccc1Cl. The van der Waals surface area contributed by atoms with E-state index >= 15 is 0 Å². The highest BCUT2D eigenvalue weighted by Crippen LogP contribution is 2.40. The predicted octanol–water partition coefficient (Wildman–Crippen LogP) is 4.10. The Kier molecular flexibility index (Phi) is 4.29. The third-order valence-electron chi connectivity index (χ3n) is 3.76. The van der Waals surface area contributed by atoms with Gasteiger partial charge in [-0.25, -0.2) is 4.98 Å². The lowest BCUT2D eigenvalue weighted by Gasteiger charge is -2.33. The molecule has 1 aromatic heterocycles.